The van der Waals surface area contributed by atoms with Gasteiger partial charge in [-0.1, -0.05) is 17.3 Å². The first-order chi connectivity index (χ1) is 17.5. The van der Waals surface area contributed by atoms with Gasteiger partial charge in [-0.15, -0.1) is 0 Å². The van der Waals surface area contributed by atoms with Crippen LogP contribution < -0.4 is 5.32 Å². The zero-order valence-corrected chi connectivity index (χ0v) is 19.0. The van der Waals surface area contributed by atoms with E-state index in [9.17, 15) is 9.59 Å². The second-order valence-electron chi connectivity index (χ2n) is 8.57. The molecule has 0 radical (unpaired) electrons. The average Bonchev–Trinajstić information content (AvgIpc) is 3.59. The van der Waals surface area contributed by atoms with Gasteiger partial charge in [-0.3, -0.25) is 14.3 Å². The van der Waals surface area contributed by atoms with Crippen LogP contribution in [-0.4, -0.2) is 64.8 Å². The Balaban J connectivity index is 1.22. The first-order valence-electron chi connectivity index (χ1n) is 11.2. The van der Waals surface area contributed by atoms with E-state index < -0.39 is 6.09 Å². The van der Waals surface area contributed by atoms with E-state index in [-0.39, 0.29) is 11.8 Å². The molecular weight excluding hydrogens is 464 g/mol. The number of carboxylic acid groups (broad SMARTS) is 1. The Morgan fingerprint density at radius 3 is 2.81 bits per heavy atom. The summed E-state index contributed by atoms with van der Waals surface area (Å²) in [4.78, 5) is 34.2. The highest BCUT2D eigenvalue weighted by atomic mass is 16.5. The summed E-state index contributed by atoms with van der Waals surface area (Å²) < 4.78 is 7.08. The first kappa shape index (κ1) is 21.5. The van der Waals surface area contributed by atoms with Crippen molar-refractivity contribution >= 4 is 23.3 Å². The fourth-order valence-electron chi connectivity index (χ4n) is 4.12. The molecule has 0 bridgehead atoms. The number of fused-ring (bicyclic) bond motifs is 1. The number of aromatic nitrogens is 6. The van der Waals surface area contributed by atoms with Gasteiger partial charge < -0.3 is 19.8 Å². The second kappa shape index (κ2) is 8.34. The van der Waals surface area contributed by atoms with Crippen molar-refractivity contribution in [1.82, 2.24) is 34.6 Å². The Kier molecular flexibility index (Phi) is 4.99. The zero-order valence-electron chi connectivity index (χ0n) is 19.0. The van der Waals surface area contributed by atoms with Gasteiger partial charge >= 0.3 is 6.09 Å². The minimum absolute atomic E-state index is 0.115. The Morgan fingerprint density at radius 2 is 2.03 bits per heavy atom. The Hall–Kier alpha value is -5.00. The molecule has 1 aromatic carbocycles. The number of aromatic amines is 1. The molecule has 5 heterocycles. The number of nitrogens with zero attached hydrogens (tertiary/aromatic N) is 6. The van der Waals surface area contributed by atoms with Crippen LogP contribution in [0.25, 0.3) is 28.3 Å². The summed E-state index contributed by atoms with van der Waals surface area (Å²) in [5.74, 6) is 0.339. The summed E-state index contributed by atoms with van der Waals surface area (Å²) in [6.07, 6.45) is 4.10. The van der Waals surface area contributed by atoms with Gasteiger partial charge in [0, 0.05) is 42.3 Å². The molecule has 0 saturated carbocycles. The maximum absolute atomic E-state index is 13.1. The Bertz CT molecular complexity index is 1600. The summed E-state index contributed by atoms with van der Waals surface area (Å²) in [5.41, 5.74) is 4.83. The van der Waals surface area contributed by atoms with Gasteiger partial charge in [0.05, 0.1) is 17.8 Å². The molecule has 1 aliphatic heterocycles. The number of likely N-dealkylation sites (tertiary alicyclic amines) is 1. The summed E-state index contributed by atoms with van der Waals surface area (Å²) in [7, 11) is 0. The van der Waals surface area contributed by atoms with E-state index in [1.54, 1.807) is 22.9 Å². The van der Waals surface area contributed by atoms with Crippen LogP contribution in [0.2, 0.25) is 0 Å². The summed E-state index contributed by atoms with van der Waals surface area (Å²) in [6, 6.07) is 11.1. The topological polar surface area (TPSA) is 155 Å². The van der Waals surface area contributed by atoms with Crippen LogP contribution in [0.3, 0.4) is 0 Å². The van der Waals surface area contributed by atoms with Crippen LogP contribution in [-0.2, 0) is 0 Å². The van der Waals surface area contributed by atoms with Crippen molar-refractivity contribution in [2.45, 2.75) is 12.8 Å². The summed E-state index contributed by atoms with van der Waals surface area (Å²) >= 11 is 0. The van der Waals surface area contributed by atoms with Crippen molar-refractivity contribution in [3.05, 3.63) is 72.1 Å². The molecule has 12 heteroatoms. The molecular formula is C24H20N8O4. The molecule has 0 unspecified atom stereocenters. The second-order valence-corrected chi connectivity index (χ2v) is 8.57. The monoisotopic (exact) mass is 484 g/mol. The van der Waals surface area contributed by atoms with Crippen molar-refractivity contribution < 1.29 is 19.2 Å². The normalized spacial score (nSPS) is 13.6. The maximum Gasteiger partial charge on any atom is 0.407 e. The molecule has 1 saturated heterocycles. The van der Waals surface area contributed by atoms with Gasteiger partial charge in [-0.2, -0.15) is 10.1 Å². The molecule has 1 fully saturated rings. The minimum atomic E-state index is -0.964. The average molecular weight is 484 g/mol. The molecule has 12 nitrogen and oxygen atoms in total. The van der Waals surface area contributed by atoms with Crippen molar-refractivity contribution in [3.63, 3.8) is 0 Å². The standard InChI is InChI=1S/C24H20N8O4/c1-13-2-3-15(21-28-23(36-30-21)16-11-31(12-16)24(34)35)8-18(13)27-22(33)19-10-25-20-9-14(5-7-32(19)20)17-4-6-26-29-17/h2-10,16H,11-12H2,1H3,(H,26,29)(H,27,33)(H,34,35). The van der Waals surface area contributed by atoms with Crippen molar-refractivity contribution in [2.24, 2.45) is 0 Å². The molecule has 5 aromatic rings. The quantitative estimate of drug-likeness (QED) is 0.343. The Labute approximate surface area is 203 Å². The number of imidazole rings is 1. The number of nitrogens with one attached hydrogen (secondary N) is 2. The van der Waals surface area contributed by atoms with Crippen LogP contribution in [0.4, 0.5) is 10.5 Å². The zero-order chi connectivity index (χ0) is 24.8. The highest BCUT2D eigenvalue weighted by molar-refractivity contribution is 6.04. The van der Waals surface area contributed by atoms with Gasteiger partial charge in [0.25, 0.3) is 5.91 Å². The van der Waals surface area contributed by atoms with Gasteiger partial charge in [0.15, 0.2) is 0 Å². The molecule has 36 heavy (non-hydrogen) atoms. The van der Waals surface area contributed by atoms with Crippen LogP contribution in [0.1, 0.15) is 27.9 Å². The van der Waals surface area contributed by atoms with E-state index in [4.69, 9.17) is 9.63 Å². The van der Waals surface area contributed by atoms with Crippen molar-refractivity contribution in [1.29, 1.82) is 0 Å². The van der Waals surface area contributed by atoms with Crippen LogP contribution in [0, 0.1) is 6.92 Å². The van der Waals surface area contributed by atoms with Gasteiger partial charge in [0.1, 0.15) is 11.3 Å². The largest absolute Gasteiger partial charge is 0.465 e. The number of H-pyrrole nitrogens is 1. The number of hydrogen-bond donors (Lipinski definition) is 3. The number of aryl methyl sites for hydroxylation is 1. The lowest BCUT2D eigenvalue weighted by Crippen LogP contribution is -2.47. The number of carbonyl (C=O) groups excluding carboxylic acids is 1. The number of pyridine rings is 1. The predicted molar refractivity (Wildman–Crippen MR) is 128 cm³/mol. The lowest BCUT2D eigenvalue weighted by Gasteiger charge is -2.34. The number of carbonyl (C=O) groups is 2. The van der Waals surface area contributed by atoms with Gasteiger partial charge in [-0.25, -0.2) is 9.78 Å². The number of amides is 2. The van der Waals surface area contributed by atoms with E-state index in [1.807, 2.05) is 37.3 Å². The molecule has 0 spiro atoms. The van der Waals surface area contributed by atoms with Crippen molar-refractivity contribution in [2.75, 3.05) is 18.4 Å². The van der Waals surface area contributed by atoms with E-state index in [1.165, 1.54) is 11.1 Å². The molecule has 180 valence electrons. The fraction of sp³-hybridized carbons (Fsp3) is 0.167. The Morgan fingerprint density at radius 1 is 1.17 bits per heavy atom. The lowest BCUT2D eigenvalue weighted by molar-refractivity contribution is 0.0958. The molecule has 6 rings (SSSR count). The van der Waals surface area contributed by atoms with Crippen LogP contribution >= 0.6 is 0 Å². The summed E-state index contributed by atoms with van der Waals surface area (Å²) in [6.45, 7) is 2.55. The number of benzene rings is 1. The molecule has 1 aliphatic rings. The number of rotatable bonds is 5. The smallest absolute Gasteiger partial charge is 0.407 e. The third-order valence-corrected chi connectivity index (χ3v) is 6.23. The van der Waals surface area contributed by atoms with E-state index in [0.29, 0.717) is 47.4 Å². The molecule has 2 amide bonds. The van der Waals surface area contributed by atoms with E-state index >= 15 is 0 Å². The fourth-order valence-corrected chi connectivity index (χ4v) is 4.12. The molecule has 0 aliphatic carbocycles. The SMILES string of the molecule is Cc1ccc(-c2noc(C3CN(C(=O)O)C3)n2)cc1NC(=O)c1cnc2cc(-c3cc[nH]n3)ccn12. The molecule has 0 atom stereocenters. The maximum atomic E-state index is 13.1. The molecule has 4 aromatic heterocycles. The lowest BCUT2D eigenvalue weighted by atomic mass is 10.0. The number of hydrogen-bond acceptors (Lipinski definition) is 7. The van der Waals surface area contributed by atoms with Gasteiger partial charge in [0.2, 0.25) is 11.7 Å². The first-order valence-corrected chi connectivity index (χ1v) is 11.2. The third kappa shape index (κ3) is 3.74. The highest BCUT2D eigenvalue weighted by Crippen LogP contribution is 2.29. The predicted octanol–water partition coefficient (Wildman–Crippen LogP) is 3.41. The highest BCUT2D eigenvalue weighted by Gasteiger charge is 2.35. The van der Waals surface area contributed by atoms with Crippen molar-refractivity contribution in [3.8, 4) is 22.6 Å². The molecule has 3 N–H and O–H groups in total. The third-order valence-electron chi connectivity index (χ3n) is 6.23. The summed E-state index contributed by atoms with van der Waals surface area (Å²) in [5, 5.41) is 23.0. The van der Waals surface area contributed by atoms with E-state index in [2.05, 4.69) is 30.6 Å². The number of anilines is 1. The van der Waals surface area contributed by atoms with Gasteiger partial charge in [-0.05, 0) is 36.8 Å². The van der Waals surface area contributed by atoms with Crippen LogP contribution in [0.5, 0.6) is 0 Å². The minimum Gasteiger partial charge on any atom is -0.465 e. The van der Waals surface area contributed by atoms with Crippen LogP contribution in [0.15, 0.2) is 59.5 Å². The van der Waals surface area contributed by atoms with E-state index in [0.717, 1.165) is 16.8 Å².